The van der Waals surface area contributed by atoms with Gasteiger partial charge in [-0.15, -0.1) is 0 Å². The van der Waals surface area contributed by atoms with Crippen molar-refractivity contribution in [1.82, 2.24) is 9.88 Å². The number of nitriles is 1. The van der Waals surface area contributed by atoms with Crippen LogP contribution in [0.5, 0.6) is 5.75 Å². The number of anilines is 1. The number of oxazole rings is 1. The molecular weight excluding hydrogens is 452 g/mol. The van der Waals surface area contributed by atoms with E-state index in [0.717, 1.165) is 27.6 Å². The SMILES string of the molecule is COc1ccccc1C=Cc1nc(C#N)c(N2CCN(C(=O)Cc3cccc4ccccc34)CC2)o1. The van der Waals surface area contributed by atoms with Gasteiger partial charge in [-0.2, -0.15) is 10.2 Å². The zero-order valence-corrected chi connectivity index (χ0v) is 20.1. The van der Waals surface area contributed by atoms with E-state index in [-0.39, 0.29) is 11.6 Å². The van der Waals surface area contributed by atoms with E-state index in [1.165, 1.54) is 0 Å². The summed E-state index contributed by atoms with van der Waals surface area (Å²) in [7, 11) is 1.62. The highest BCUT2D eigenvalue weighted by molar-refractivity contribution is 5.90. The van der Waals surface area contributed by atoms with Gasteiger partial charge < -0.3 is 19.0 Å². The Morgan fingerprint density at radius 1 is 1.03 bits per heavy atom. The van der Waals surface area contributed by atoms with Crippen molar-refractivity contribution in [3.63, 3.8) is 0 Å². The lowest BCUT2D eigenvalue weighted by molar-refractivity contribution is -0.130. The zero-order valence-electron chi connectivity index (χ0n) is 20.1. The molecule has 1 aliphatic heterocycles. The van der Waals surface area contributed by atoms with Crippen LogP contribution in [0.4, 0.5) is 5.88 Å². The fraction of sp³-hybridized carbons (Fsp3) is 0.207. The number of amides is 1. The van der Waals surface area contributed by atoms with Gasteiger partial charge in [0.2, 0.25) is 23.4 Å². The smallest absolute Gasteiger partial charge is 0.235 e. The first-order valence-electron chi connectivity index (χ1n) is 11.9. The van der Waals surface area contributed by atoms with Crippen LogP contribution < -0.4 is 9.64 Å². The first-order valence-corrected chi connectivity index (χ1v) is 11.9. The van der Waals surface area contributed by atoms with Gasteiger partial charge in [-0.1, -0.05) is 60.7 Å². The molecule has 1 saturated heterocycles. The molecule has 0 N–H and O–H groups in total. The summed E-state index contributed by atoms with van der Waals surface area (Å²) in [6.07, 6.45) is 3.94. The number of carbonyl (C=O) groups is 1. The van der Waals surface area contributed by atoms with Crippen LogP contribution in [0.2, 0.25) is 0 Å². The predicted molar refractivity (Wildman–Crippen MR) is 140 cm³/mol. The minimum Gasteiger partial charge on any atom is -0.496 e. The van der Waals surface area contributed by atoms with E-state index in [4.69, 9.17) is 9.15 Å². The Bertz CT molecular complexity index is 1450. The number of ether oxygens (including phenoxy) is 1. The quantitative estimate of drug-likeness (QED) is 0.397. The van der Waals surface area contributed by atoms with Crippen molar-refractivity contribution < 1.29 is 13.9 Å². The number of fused-ring (bicyclic) bond motifs is 1. The van der Waals surface area contributed by atoms with Crippen molar-refractivity contribution in [2.75, 3.05) is 38.2 Å². The van der Waals surface area contributed by atoms with Gasteiger partial charge in [0.25, 0.3) is 0 Å². The summed E-state index contributed by atoms with van der Waals surface area (Å²) >= 11 is 0. The summed E-state index contributed by atoms with van der Waals surface area (Å²) in [6, 6.07) is 24.0. The molecule has 7 nitrogen and oxygen atoms in total. The van der Waals surface area contributed by atoms with E-state index in [2.05, 4.69) is 29.3 Å². The summed E-state index contributed by atoms with van der Waals surface area (Å²) in [5.74, 6) is 1.63. The van der Waals surface area contributed by atoms with Crippen molar-refractivity contribution in [2.45, 2.75) is 6.42 Å². The van der Waals surface area contributed by atoms with Gasteiger partial charge >= 0.3 is 0 Å². The third kappa shape index (κ3) is 4.80. The number of aromatic nitrogens is 1. The normalized spacial score (nSPS) is 13.8. The highest BCUT2D eigenvalue weighted by Gasteiger charge is 2.26. The second kappa shape index (κ2) is 10.4. The van der Waals surface area contributed by atoms with E-state index in [0.29, 0.717) is 44.4 Å². The van der Waals surface area contributed by atoms with Crippen molar-refractivity contribution in [3.05, 3.63) is 89.4 Å². The van der Waals surface area contributed by atoms with Crippen LogP contribution in [0.15, 0.2) is 71.1 Å². The third-order valence-corrected chi connectivity index (χ3v) is 6.42. The number of rotatable bonds is 6. The van der Waals surface area contributed by atoms with Crippen LogP contribution in [-0.2, 0) is 11.2 Å². The molecule has 1 aliphatic rings. The van der Waals surface area contributed by atoms with Crippen molar-refractivity contribution in [1.29, 1.82) is 5.26 Å². The first kappa shape index (κ1) is 23.2. The average molecular weight is 479 g/mol. The Labute approximate surface area is 209 Å². The molecule has 7 heteroatoms. The third-order valence-electron chi connectivity index (χ3n) is 6.42. The van der Waals surface area contributed by atoms with Crippen molar-refractivity contribution >= 4 is 34.7 Å². The average Bonchev–Trinajstić information content (AvgIpc) is 3.35. The topological polar surface area (TPSA) is 82.6 Å². The second-order valence-electron chi connectivity index (χ2n) is 8.58. The van der Waals surface area contributed by atoms with Crippen molar-refractivity contribution in [2.24, 2.45) is 0 Å². The Morgan fingerprint density at radius 2 is 1.78 bits per heavy atom. The lowest BCUT2D eigenvalue weighted by Crippen LogP contribution is -2.49. The molecular formula is C29H26N4O3. The Kier molecular flexibility index (Phi) is 6.67. The summed E-state index contributed by atoms with van der Waals surface area (Å²) in [6.45, 7) is 2.25. The fourth-order valence-electron chi connectivity index (χ4n) is 4.53. The molecule has 0 aliphatic carbocycles. The lowest BCUT2D eigenvalue weighted by Gasteiger charge is -2.34. The van der Waals surface area contributed by atoms with Gasteiger partial charge in [0, 0.05) is 37.8 Å². The number of hydrogen-bond acceptors (Lipinski definition) is 6. The van der Waals surface area contributed by atoms with Crippen LogP contribution in [-0.4, -0.2) is 49.1 Å². The monoisotopic (exact) mass is 478 g/mol. The van der Waals surface area contributed by atoms with Gasteiger partial charge in [0.1, 0.15) is 11.8 Å². The van der Waals surface area contributed by atoms with Gasteiger partial charge in [-0.05, 0) is 28.5 Å². The molecule has 5 rings (SSSR count). The second-order valence-corrected chi connectivity index (χ2v) is 8.58. The number of benzene rings is 3. The van der Waals surface area contributed by atoms with E-state index in [9.17, 15) is 10.1 Å². The molecule has 4 aromatic rings. The van der Waals surface area contributed by atoms with Crippen molar-refractivity contribution in [3.8, 4) is 11.8 Å². The maximum absolute atomic E-state index is 13.1. The van der Waals surface area contributed by atoms with Gasteiger partial charge in [-0.25, -0.2) is 0 Å². The minimum atomic E-state index is 0.101. The number of carbonyl (C=O) groups excluding carboxylic acids is 1. The maximum Gasteiger partial charge on any atom is 0.235 e. The molecule has 0 radical (unpaired) electrons. The van der Waals surface area contributed by atoms with Crippen LogP contribution in [0.25, 0.3) is 22.9 Å². The molecule has 0 bridgehead atoms. The summed E-state index contributed by atoms with van der Waals surface area (Å²) < 4.78 is 11.3. The highest BCUT2D eigenvalue weighted by Crippen LogP contribution is 2.26. The summed E-state index contributed by atoms with van der Waals surface area (Å²) in [5, 5.41) is 11.9. The zero-order chi connectivity index (χ0) is 24.9. The Morgan fingerprint density at radius 3 is 2.58 bits per heavy atom. The van der Waals surface area contributed by atoms with Crippen LogP contribution in [0.3, 0.4) is 0 Å². The molecule has 3 aromatic carbocycles. The number of para-hydroxylation sites is 1. The van der Waals surface area contributed by atoms with Gasteiger partial charge in [0.15, 0.2) is 0 Å². The molecule has 1 aromatic heterocycles. The number of nitrogens with zero attached hydrogens (tertiary/aromatic N) is 4. The Hall–Kier alpha value is -4.57. The van der Waals surface area contributed by atoms with E-state index >= 15 is 0 Å². The number of piperazine rings is 1. The fourth-order valence-corrected chi connectivity index (χ4v) is 4.53. The molecule has 0 spiro atoms. The lowest BCUT2D eigenvalue weighted by atomic mass is 10.0. The molecule has 36 heavy (non-hydrogen) atoms. The molecule has 2 heterocycles. The van der Waals surface area contributed by atoms with Crippen LogP contribution in [0, 0.1) is 11.3 Å². The number of methoxy groups -OCH3 is 1. The molecule has 180 valence electrons. The predicted octanol–water partition coefficient (Wildman–Crippen LogP) is 4.77. The Balaban J connectivity index is 1.25. The highest BCUT2D eigenvalue weighted by atomic mass is 16.5. The van der Waals surface area contributed by atoms with Crippen LogP contribution in [0.1, 0.15) is 22.7 Å². The maximum atomic E-state index is 13.1. The van der Waals surface area contributed by atoms with Gasteiger partial charge in [0.05, 0.1) is 13.5 Å². The first-order chi connectivity index (χ1) is 17.7. The van der Waals surface area contributed by atoms with Gasteiger partial charge in [-0.3, -0.25) is 4.79 Å². The number of hydrogen-bond donors (Lipinski definition) is 0. The largest absolute Gasteiger partial charge is 0.496 e. The summed E-state index contributed by atoms with van der Waals surface area (Å²) in [5.41, 5.74) is 2.16. The minimum absolute atomic E-state index is 0.101. The molecule has 0 atom stereocenters. The standard InChI is InChI=1S/C29H26N4O3/c1-35-26-12-5-3-8-22(26)13-14-27-31-25(20-30)29(36-27)33-17-15-32(16-18-33)28(34)19-23-10-6-9-21-7-2-4-11-24(21)23/h2-14H,15-19H2,1H3. The molecule has 1 fully saturated rings. The van der Waals surface area contributed by atoms with E-state index in [1.807, 2.05) is 64.4 Å². The summed E-state index contributed by atoms with van der Waals surface area (Å²) in [4.78, 5) is 21.2. The van der Waals surface area contributed by atoms with E-state index in [1.54, 1.807) is 13.2 Å². The molecule has 1 amide bonds. The molecule has 0 unspecified atom stereocenters. The van der Waals surface area contributed by atoms with Crippen LogP contribution >= 0.6 is 0 Å². The van der Waals surface area contributed by atoms with E-state index < -0.39 is 0 Å². The molecule has 0 saturated carbocycles.